The molecule has 1 aromatic carbocycles. The lowest BCUT2D eigenvalue weighted by Gasteiger charge is -2.35. The summed E-state index contributed by atoms with van der Waals surface area (Å²) >= 11 is 0. The number of nitrogens with zero attached hydrogens (tertiary/aromatic N) is 2. The number of aromatic nitrogens is 2. The molecule has 0 spiro atoms. The van der Waals surface area contributed by atoms with Gasteiger partial charge in [-0.2, -0.15) is 0 Å². The lowest BCUT2D eigenvalue weighted by atomic mass is 10.2. The van der Waals surface area contributed by atoms with Gasteiger partial charge in [0.05, 0.1) is 23.1 Å². The second-order valence-electron chi connectivity index (χ2n) is 6.09. The molecule has 2 heterocycles. The number of hydrogen-bond acceptors (Lipinski definition) is 4. The van der Waals surface area contributed by atoms with Crippen molar-refractivity contribution in [3.05, 3.63) is 40.4 Å². The van der Waals surface area contributed by atoms with Crippen LogP contribution in [-0.4, -0.2) is 46.1 Å². The molecule has 1 amide bonds. The first-order valence-electron chi connectivity index (χ1n) is 7.94. The molecule has 6 heteroatoms. The third-order valence-electron chi connectivity index (χ3n) is 4.01. The highest BCUT2D eigenvalue weighted by atomic mass is 16.5. The first kappa shape index (κ1) is 15.7. The number of rotatable bonds is 3. The molecule has 122 valence electrons. The minimum atomic E-state index is -0.160. The van der Waals surface area contributed by atoms with Gasteiger partial charge in [-0.15, -0.1) is 0 Å². The highest BCUT2D eigenvalue weighted by Crippen LogP contribution is 2.13. The average Bonchev–Trinajstić information content (AvgIpc) is 2.52. The van der Waals surface area contributed by atoms with Crippen LogP contribution in [0.25, 0.3) is 10.9 Å². The lowest BCUT2D eigenvalue weighted by Crippen LogP contribution is -2.48. The van der Waals surface area contributed by atoms with Gasteiger partial charge in [0.25, 0.3) is 5.56 Å². The Bertz CT molecular complexity index is 761. The van der Waals surface area contributed by atoms with Crippen LogP contribution < -0.4 is 5.56 Å². The van der Waals surface area contributed by atoms with E-state index < -0.39 is 0 Å². The Labute approximate surface area is 134 Å². The van der Waals surface area contributed by atoms with E-state index in [1.165, 1.54) is 0 Å². The van der Waals surface area contributed by atoms with Gasteiger partial charge in [0, 0.05) is 25.9 Å². The van der Waals surface area contributed by atoms with Crippen molar-refractivity contribution in [1.29, 1.82) is 0 Å². The summed E-state index contributed by atoms with van der Waals surface area (Å²) < 4.78 is 5.64. The van der Waals surface area contributed by atoms with Gasteiger partial charge in [-0.25, -0.2) is 4.98 Å². The van der Waals surface area contributed by atoms with E-state index in [2.05, 4.69) is 9.97 Å². The van der Waals surface area contributed by atoms with E-state index in [1.54, 1.807) is 12.1 Å². The van der Waals surface area contributed by atoms with Crippen molar-refractivity contribution in [3.8, 4) is 0 Å². The monoisotopic (exact) mass is 315 g/mol. The molecule has 2 atom stereocenters. The minimum absolute atomic E-state index is 0.0568. The SMILES string of the molecule is C[C@@H]1CN(C(=O)CCc2nc3ccccc3c(=O)[nH]2)C[C@H](C)O1. The summed E-state index contributed by atoms with van der Waals surface area (Å²) in [6, 6.07) is 7.21. The molecule has 1 aromatic heterocycles. The summed E-state index contributed by atoms with van der Waals surface area (Å²) in [5, 5.41) is 0.568. The maximum Gasteiger partial charge on any atom is 0.258 e. The topological polar surface area (TPSA) is 75.3 Å². The molecular formula is C17H21N3O3. The first-order chi connectivity index (χ1) is 11.0. The quantitative estimate of drug-likeness (QED) is 0.931. The zero-order valence-electron chi connectivity index (χ0n) is 13.4. The molecule has 1 fully saturated rings. The van der Waals surface area contributed by atoms with Gasteiger partial charge in [0.1, 0.15) is 5.82 Å². The number of nitrogens with one attached hydrogen (secondary N) is 1. The number of para-hydroxylation sites is 1. The summed E-state index contributed by atoms with van der Waals surface area (Å²) in [6.07, 6.45) is 0.877. The maximum atomic E-state index is 12.4. The van der Waals surface area contributed by atoms with Crippen LogP contribution >= 0.6 is 0 Å². The van der Waals surface area contributed by atoms with Crippen LogP contribution in [-0.2, 0) is 16.0 Å². The van der Waals surface area contributed by atoms with Gasteiger partial charge >= 0.3 is 0 Å². The molecule has 1 saturated heterocycles. The van der Waals surface area contributed by atoms with Crippen LogP contribution in [0.5, 0.6) is 0 Å². The van der Waals surface area contributed by atoms with Crippen molar-refractivity contribution in [2.75, 3.05) is 13.1 Å². The Balaban J connectivity index is 1.68. The van der Waals surface area contributed by atoms with Crippen LogP contribution in [0, 0.1) is 0 Å². The summed E-state index contributed by atoms with van der Waals surface area (Å²) in [5.74, 6) is 0.624. The van der Waals surface area contributed by atoms with E-state index in [1.807, 2.05) is 30.9 Å². The first-order valence-corrected chi connectivity index (χ1v) is 7.94. The summed E-state index contributed by atoms with van der Waals surface area (Å²) in [7, 11) is 0. The minimum Gasteiger partial charge on any atom is -0.372 e. The predicted molar refractivity (Wildman–Crippen MR) is 87.3 cm³/mol. The zero-order valence-corrected chi connectivity index (χ0v) is 13.4. The van der Waals surface area contributed by atoms with Crippen molar-refractivity contribution < 1.29 is 9.53 Å². The molecular weight excluding hydrogens is 294 g/mol. The van der Waals surface area contributed by atoms with Crippen molar-refractivity contribution in [3.63, 3.8) is 0 Å². The van der Waals surface area contributed by atoms with Crippen LogP contribution in [0.15, 0.2) is 29.1 Å². The van der Waals surface area contributed by atoms with Crippen molar-refractivity contribution >= 4 is 16.8 Å². The Morgan fingerprint density at radius 2 is 2.00 bits per heavy atom. The number of hydrogen-bond donors (Lipinski definition) is 1. The zero-order chi connectivity index (χ0) is 16.4. The lowest BCUT2D eigenvalue weighted by molar-refractivity contribution is -0.143. The van der Waals surface area contributed by atoms with Crippen LogP contribution in [0.2, 0.25) is 0 Å². The van der Waals surface area contributed by atoms with Crippen molar-refractivity contribution in [2.24, 2.45) is 0 Å². The normalized spacial score (nSPS) is 21.6. The Kier molecular flexibility index (Phi) is 4.43. The Morgan fingerprint density at radius 1 is 1.30 bits per heavy atom. The highest BCUT2D eigenvalue weighted by Gasteiger charge is 2.25. The average molecular weight is 315 g/mol. The molecule has 0 saturated carbocycles. The van der Waals surface area contributed by atoms with E-state index in [4.69, 9.17) is 4.74 Å². The second-order valence-corrected chi connectivity index (χ2v) is 6.09. The van der Waals surface area contributed by atoms with Gasteiger partial charge in [-0.05, 0) is 26.0 Å². The number of amides is 1. The highest BCUT2D eigenvalue weighted by molar-refractivity contribution is 5.78. The molecule has 2 aromatic rings. The van der Waals surface area contributed by atoms with Gasteiger partial charge in [-0.3, -0.25) is 9.59 Å². The molecule has 1 N–H and O–H groups in total. The molecule has 0 unspecified atom stereocenters. The number of benzene rings is 1. The van der Waals surface area contributed by atoms with E-state index in [9.17, 15) is 9.59 Å². The number of H-pyrrole nitrogens is 1. The third kappa shape index (κ3) is 3.59. The molecule has 6 nitrogen and oxygen atoms in total. The number of carbonyl (C=O) groups excluding carboxylic acids is 1. The molecule has 0 aliphatic carbocycles. The van der Waals surface area contributed by atoms with E-state index >= 15 is 0 Å². The van der Waals surface area contributed by atoms with Crippen molar-refractivity contribution in [2.45, 2.75) is 38.9 Å². The second kappa shape index (κ2) is 6.50. The number of aromatic amines is 1. The van der Waals surface area contributed by atoms with Crippen molar-refractivity contribution in [1.82, 2.24) is 14.9 Å². The largest absolute Gasteiger partial charge is 0.372 e. The number of aryl methyl sites for hydroxylation is 1. The smallest absolute Gasteiger partial charge is 0.258 e. The predicted octanol–water partition coefficient (Wildman–Crippen LogP) is 1.49. The van der Waals surface area contributed by atoms with Gasteiger partial charge in [0.2, 0.25) is 5.91 Å². The van der Waals surface area contributed by atoms with Crippen LogP contribution in [0.1, 0.15) is 26.1 Å². The number of carbonyl (C=O) groups is 1. The van der Waals surface area contributed by atoms with E-state index in [0.29, 0.717) is 42.7 Å². The molecule has 0 radical (unpaired) electrons. The van der Waals surface area contributed by atoms with Crippen LogP contribution in [0.3, 0.4) is 0 Å². The summed E-state index contributed by atoms with van der Waals surface area (Å²) in [6.45, 7) is 5.17. The Morgan fingerprint density at radius 3 is 2.74 bits per heavy atom. The number of morpholine rings is 1. The summed E-state index contributed by atoms with van der Waals surface area (Å²) in [4.78, 5) is 33.4. The number of ether oxygens (including phenoxy) is 1. The maximum absolute atomic E-state index is 12.4. The van der Waals surface area contributed by atoms with E-state index in [-0.39, 0.29) is 23.7 Å². The molecule has 1 aliphatic rings. The standard InChI is InChI=1S/C17H21N3O3/c1-11-9-20(10-12(2)23-11)16(21)8-7-15-18-14-6-4-3-5-13(14)17(22)19-15/h3-6,11-12H,7-10H2,1-2H3,(H,18,19,22)/t11-,12+. The summed E-state index contributed by atoms with van der Waals surface area (Å²) in [5.41, 5.74) is 0.499. The van der Waals surface area contributed by atoms with Gasteiger partial charge in [0.15, 0.2) is 0 Å². The van der Waals surface area contributed by atoms with Crippen LogP contribution in [0.4, 0.5) is 0 Å². The van der Waals surface area contributed by atoms with E-state index in [0.717, 1.165) is 0 Å². The molecule has 3 rings (SSSR count). The fourth-order valence-corrected chi connectivity index (χ4v) is 3.02. The molecule has 1 aliphatic heterocycles. The fourth-order valence-electron chi connectivity index (χ4n) is 3.02. The van der Waals surface area contributed by atoms with Gasteiger partial charge < -0.3 is 14.6 Å². The third-order valence-corrected chi connectivity index (χ3v) is 4.01. The molecule has 0 bridgehead atoms. The molecule has 23 heavy (non-hydrogen) atoms. The number of fused-ring (bicyclic) bond motifs is 1. The Hall–Kier alpha value is -2.21. The fraction of sp³-hybridized carbons (Fsp3) is 0.471. The van der Waals surface area contributed by atoms with Gasteiger partial charge in [-0.1, -0.05) is 12.1 Å².